The number of anilines is 2. The fourth-order valence-corrected chi connectivity index (χ4v) is 2.29. The smallest absolute Gasteiger partial charge is 0.230 e. The number of nitrogens with zero attached hydrogens (tertiary/aromatic N) is 1. The van der Waals surface area contributed by atoms with Crippen molar-refractivity contribution in [3.8, 4) is 0 Å². The van der Waals surface area contributed by atoms with Crippen molar-refractivity contribution in [3.05, 3.63) is 52.6 Å². The van der Waals surface area contributed by atoms with Gasteiger partial charge in [0.1, 0.15) is 5.69 Å². The third kappa shape index (κ3) is 2.90. The first-order valence-corrected chi connectivity index (χ1v) is 7.11. The van der Waals surface area contributed by atoms with Crippen LogP contribution in [0, 0.1) is 0 Å². The second-order valence-corrected chi connectivity index (χ2v) is 5.44. The van der Waals surface area contributed by atoms with E-state index in [-0.39, 0.29) is 12.3 Å². The largest absolute Gasteiger partial charge is 0.398 e. The number of para-hydroxylation sites is 1. The van der Waals surface area contributed by atoms with Gasteiger partial charge in [0, 0.05) is 21.2 Å². The lowest BCUT2D eigenvalue weighted by Gasteiger charge is -2.06. The summed E-state index contributed by atoms with van der Waals surface area (Å²) in [6.07, 6.45) is 0.146. The minimum absolute atomic E-state index is 0.146. The summed E-state index contributed by atoms with van der Waals surface area (Å²) in [5, 5.41) is 7.58. The molecule has 0 bridgehead atoms. The maximum atomic E-state index is 12.1. The van der Waals surface area contributed by atoms with Crippen LogP contribution in [0.5, 0.6) is 0 Å². The molecule has 3 N–H and O–H groups in total. The molecule has 0 saturated carbocycles. The lowest BCUT2D eigenvalue weighted by Crippen LogP contribution is -2.14. The Balaban J connectivity index is 1.75. The maximum Gasteiger partial charge on any atom is 0.230 e. The molecule has 0 spiro atoms. The molecule has 1 aromatic heterocycles. The molecule has 5 nitrogen and oxygen atoms in total. The van der Waals surface area contributed by atoms with Crippen LogP contribution in [-0.2, 0) is 11.2 Å². The van der Waals surface area contributed by atoms with E-state index in [1.54, 1.807) is 18.2 Å². The predicted molar refractivity (Wildman–Crippen MR) is 84.9 cm³/mol. The highest BCUT2D eigenvalue weighted by atomic mass is 79.9. The van der Waals surface area contributed by atoms with Gasteiger partial charge in [0.25, 0.3) is 0 Å². The number of rotatable bonds is 3. The van der Waals surface area contributed by atoms with E-state index < -0.39 is 0 Å². The Kier molecular flexibility index (Phi) is 3.62. The summed E-state index contributed by atoms with van der Waals surface area (Å²) in [5.74, 6) is -0.171. The van der Waals surface area contributed by atoms with E-state index in [4.69, 9.17) is 10.3 Å². The van der Waals surface area contributed by atoms with E-state index in [2.05, 4.69) is 26.4 Å². The summed E-state index contributed by atoms with van der Waals surface area (Å²) in [5.41, 5.74) is 8.29. The molecule has 0 aliphatic rings. The van der Waals surface area contributed by atoms with Gasteiger partial charge in [0.2, 0.25) is 5.91 Å². The van der Waals surface area contributed by atoms with Crippen LogP contribution in [-0.4, -0.2) is 11.1 Å². The van der Waals surface area contributed by atoms with E-state index in [0.29, 0.717) is 22.7 Å². The molecular weight excluding hydrogens is 334 g/mol. The Morgan fingerprint density at radius 1 is 1.29 bits per heavy atom. The first-order chi connectivity index (χ1) is 10.1. The first kappa shape index (κ1) is 13.6. The number of carbonyl (C=O) groups excluding carboxylic acids is 1. The van der Waals surface area contributed by atoms with E-state index >= 15 is 0 Å². The second-order valence-electron chi connectivity index (χ2n) is 4.59. The fourth-order valence-electron chi connectivity index (χ4n) is 2.04. The molecule has 1 amide bonds. The Bertz CT molecular complexity index is 814. The zero-order valence-electron chi connectivity index (χ0n) is 11.0. The van der Waals surface area contributed by atoms with Crippen LogP contribution in [0.25, 0.3) is 11.0 Å². The standard InChI is InChI=1S/C15H12BrN3O2/c16-11-6-5-9(7-12(11)17)18-15(20)8-13-10-3-1-2-4-14(10)21-19-13/h1-7H,8,17H2,(H,18,20). The average Bonchev–Trinajstić information content (AvgIpc) is 2.86. The van der Waals surface area contributed by atoms with Crippen LogP contribution in [0.4, 0.5) is 11.4 Å². The predicted octanol–water partition coefficient (Wildman–Crippen LogP) is 3.35. The van der Waals surface area contributed by atoms with Crippen LogP contribution in [0.1, 0.15) is 5.69 Å². The molecule has 21 heavy (non-hydrogen) atoms. The molecule has 6 heteroatoms. The van der Waals surface area contributed by atoms with Gasteiger partial charge < -0.3 is 15.6 Å². The lowest BCUT2D eigenvalue weighted by molar-refractivity contribution is -0.115. The molecular formula is C15H12BrN3O2. The van der Waals surface area contributed by atoms with Gasteiger partial charge in [-0.1, -0.05) is 17.3 Å². The average molecular weight is 346 g/mol. The molecule has 0 aliphatic carbocycles. The molecule has 0 unspecified atom stereocenters. The monoisotopic (exact) mass is 345 g/mol. The number of hydrogen-bond donors (Lipinski definition) is 2. The van der Waals surface area contributed by atoms with Gasteiger partial charge in [-0.25, -0.2) is 0 Å². The number of hydrogen-bond acceptors (Lipinski definition) is 4. The number of nitrogens with one attached hydrogen (secondary N) is 1. The summed E-state index contributed by atoms with van der Waals surface area (Å²) < 4.78 is 5.97. The zero-order valence-corrected chi connectivity index (χ0v) is 12.6. The topological polar surface area (TPSA) is 81.1 Å². The number of nitrogens with two attached hydrogens (primary N) is 1. The Morgan fingerprint density at radius 2 is 2.10 bits per heavy atom. The van der Waals surface area contributed by atoms with Crippen molar-refractivity contribution in [2.75, 3.05) is 11.1 Å². The van der Waals surface area contributed by atoms with Gasteiger partial charge >= 0.3 is 0 Å². The van der Waals surface area contributed by atoms with Gasteiger partial charge in [-0.2, -0.15) is 0 Å². The molecule has 0 radical (unpaired) electrons. The molecule has 3 aromatic rings. The van der Waals surface area contributed by atoms with Crippen LogP contribution in [0.3, 0.4) is 0 Å². The Hall–Kier alpha value is -2.34. The van der Waals surface area contributed by atoms with Gasteiger partial charge in [-0.05, 0) is 46.3 Å². The number of fused-ring (bicyclic) bond motifs is 1. The number of halogens is 1. The third-order valence-corrected chi connectivity index (χ3v) is 3.78. The van der Waals surface area contributed by atoms with Crippen molar-refractivity contribution in [2.45, 2.75) is 6.42 Å². The molecule has 0 atom stereocenters. The van der Waals surface area contributed by atoms with Gasteiger partial charge in [-0.15, -0.1) is 0 Å². The SMILES string of the molecule is Nc1cc(NC(=O)Cc2noc3ccccc23)ccc1Br. The highest BCUT2D eigenvalue weighted by molar-refractivity contribution is 9.10. The number of benzene rings is 2. The van der Waals surface area contributed by atoms with E-state index in [1.807, 2.05) is 24.3 Å². The number of amides is 1. The maximum absolute atomic E-state index is 12.1. The Morgan fingerprint density at radius 3 is 2.90 bits per heavy atom. The van der Waals surface area contributed by atoms with Crippen molar-refractivity contribution in [1.82, 2.24) is 5.16 Å². The van der Waals surface area contributed by atoms with Crippen molar-refractivity contribution < 1.29 is 9.32 Å². The van der Waals surface area contributed by atoms with Crippen LogP contribution < -0.4 is 11.1 Å². The van der Waals surface area contributed by atoms with Crippen molar-refractivity contribution >= 4 is 44.2 Å². The molecule has 1 heterocycles. The van der Waals surface area contributed by atoms with Gasteiger partial charge in [0.05, 0.1) is 6.42 Å². The highest BCUT2D eigenvalue weighted by Crippen LogP contribution is 2.23. The zero-order chi connectivity index (χ0) is 14.8. The molecule has 3 rings (SSSR count). The minimum Gasteiger partial charge on any atom is -0.398 e. The number of nitrogen functional groups attached to an aromatic ring is 1. The van der Waals surface area contributed by atoms with Crippen LogP contribution in [0.2, 0.25) is 0 Å². The molecule has 0 aliphatic heterocycles. The molecule has 0 fully saturated rings. The van der Waals surface area contributed by atoms with Crippen molar-refractivity contribution in [1.29, 1.82) is 0 Å². The molecule has 0 saturated heterocycles. The summed E-state index contributed by atoms with van der Waals surface area (Å²) in [4.78, 5) is 12.1. The Labute approximate surface area is 129 Å². The second kappa shape index (κ2) is 5.57. The number of carbonyl (C=O) groups is 1. The van der Waals surface area contributed by atoms with Crippen molar-refractivity contribution in [2.24, 2.45) is 0 Å². The molecule has 106 valence electrons. The summed E-state index contributed by atoms with van der Waals surface area (Å²) in [6.45, 7) is 0. The minimum atomic E-state index is -0.171. The van der Waals surface area contributed by atoms with Gasteiger partial charge in [-0.3, -0.25) is 4.79 Å². The van der Waals surface area contributed by atoms with Crippen LogP contribution in [0.15, 0.2) is 51.5 Å². The molecule has 2 aromatic carbocycles. The first-order valence-electron chi connectivity index (χ1n) is 6.31. The van der Waals surface area contributed by atoms with E-state index in [0.717, 1.165) is 9.86 Å². The lowest BCUT2D eigenvalue weighted by atomic mass is 10.1. The summed E-state index contributed by atoms with van der Waals surface area (Å²) in [6, 6.07) is 12.7. The van der Waals surface area contributed by atoms with E-state index in [1.165, 1.54) is 0 Å². The normalized spacial score (nSPS) is 10.7. The highest BCUT2D eigenvalue weighted by Gasteiger charge is 2.12. The van der Waals surface area contributed by atoms with Crippen LogP contribution >= 0.6 is 15.9 Å². The summed E-state index contributed by atoms with van der Waals surface area (Å²) in [7, 11) is 0. The van der Waals surface area contributed by atoms with Gasteiger partial charge in [0.15, 0.2) is 5.58 Å². The van der Waals surface area contributed by atoms with E-state index in [9.17, 15) is 4.79 Å². The fraction of sp³-hybridized carbons (Fsp3) is 0.0667. The summed E-state index contributed by atoms with van der Waals surface area (Å²) >= 11 is 3.31. The third-order valence-electron chi connectivity index (χ3n) is 3.06. The number of aromatic nitrogens is 1. The quantitative estimate of drug-likeness (QED) is 0.713. The van der Waals surface area contributed by atoms with Crippen molar-refractivity contribution in [3.63, 3.8) is 0 Å².